The van der Waals surface area contributed by atoms with Crippen LogP contribution < -0.4 is 5.73 Å². The van der Waals surface area contributed by atoms with Gasteiger partial charge in [-0.25, -0.2) is 4.98 Å². The molecular formula is C11H19N3S2. The van der Waals surface area contributed by atoms with E-state index in [0.29, 0.717) is 6.54 Å². The highest BCUT2D eigenvalue weighted by Gasteiger charge is 2.17. The molecule has 0 aliphatic carbocycles. The van der Waals surface area contributed by atoms with Gasteiger partial charge in [-0.05, 0) is 6.54 Å². The lowest BCUT2D eigenvalue weighted by Crippen LogP contribution is -2.36. The number of hydrogen-bond donors (Lipinski definition) is 1. The summed E-state index contributed by atoms with van der Waals surface area (Å²) in [7, 11) is 0. The zero-order valence-electron chi connectivity index (χ0n) is 9.69. The molecule has 16 heavy (non-hydrogen) atoms. The molecule has 1 aromatic rings. The largest absolute Gasteiger partial charge is 0.330 e. The van der Waals surface area contributed by atoms with Crippen LogP contribution in [0.15, 0.2) is 5.38 Å². The Kier molecular flexibility index (Phi) is 4.64. The second-order valence-corrected chi connectivity index (χ2v) is 6.68. The van der Waals surface area contributed by atoms with E-state index in [-0.39, 0.29) is 0 Å². The first-order chi connectivity index (χ1) is 7.78. The second kappa shape index (κ2) is 6.00. The highest BCUT2D eigenvalue weighted by atomic mass is 32.2. The van der Waals surface area contributed by atoms with Crippen molar-refractivity contribution in [3.63, 3.8) is 0 Å². The van der Waals surface area contributed by atoms with Gasteiger partial charge in [-0.1, -0.05) is 6.92 Å². The van der Waals surface area contributed by atoms with E-state index in [1.54, 1.807) is 11.3 Å². The summed E-state index contributed by atoms with van der Waals surface area (Å²) in [6.45, 7) is 6.39. The summed E-state index contributed by atoms with van der Waals surface area (Å²) in [5.74, 6) is 1.25. The van der Waals surface area contributed by atoms with Gasteiger partial charge < -0.3 is 5.73 Å². The maximum Gasteiger partial charge on any atom is 0.0941 e. The van der Waals surface area contributed by atoms with Crippen LogP contribution in [0.5, 0.6) is 0 Å². The van der Waals surface area contributed by atoms with E-state index >= 15 is 0 Å². The molecule has 1 saturated heterocycles. The quantitative estimate of drug-likeness (QED) is 0.889. The van der Waals surface area contributed by atoms with Crippen LogP contribution in [0.4, 0.5) is 0 Å². The van der Waals surface area contributed by atoms with Gasteiger partial charge >= 0.3 is 0 Å². The zero-order chi connectivity index (χ0) is 11.4. The van der Waals surface area contributed by atoms with Crippen molar-refractivity contribution in [3.8, 4) is 0 Å². The third-order valence-electron chi connectivity index (χ3n) is 2.67. The lowest BCUT2D eigenvalue weighted by atomic mass is 10.3. The molecule has 0 radical (unpaired) electrons. The topological polar surface area (TPSA) is 42.1 Å². The van der Waals surface area contributed by atoms with Gasteiger partial charge in [-0.2, -0.15) is 11.8 Å². The van der Waals surface area contributed by atoms with Crippen molar-refractivity contribution in [2.45, 2.75) is 25.1 Å². The molecule has 1 unspecified atom stereocenters. The molecule has 0 bridgehead atoms. The van der Waals surface area contributed by atoms with Crippen molar-refractivity contribution < 1.29 is 0 Å². The van der Waals surface area contributed by atoms with E-state index in [4.69, 9.17) is 5.73 Å². The fraction of sp³-hybridized carbons (Fsp3) is 0.727. The summed E-state index contributed by atoms with van der Waals surface area (Å²) in [5.41, 5.74) is 6.74. The Labute approximate surface area is 105 Å². The number of nitrogens with two attached hydrogens (primary N) is 1. The zero-order valence-corrected chi connectivity index (χ0v) is 11.3. The summed E-state index contributed by atoms with van der Waals surface area (Å²) in [5, 5.41) is 4.12. The fourth-order valence-electron chi connectivity index (χ4n) is 1.92. The smallest absolute Gasteiger partial charge is 0.0941 e. The van der Waals surface area contributed by atoms with E-state index in [1.165, 1.54) is 29.5 Å². The van der Waals surface area contributed by atoms with Crippen molar-refractivity contribution in [2.75, 3.05) is 25.4 Å². The molecular weight excluding hydrogens is 238 g/mol. The Bertz CT molecular complexity index is 327. The molecule has 3 nitrogen and oxygen atoms in total. The van der Waals surface area contributed by atoms with Crippen LogP contribution in [0.1, 0.15) is 17.6 Å². The molecule has 2 rings (SSSR count). The lowest BCUT2D eigenvalue weighted by Gasteiger charge is -2.29. The molecule has 0 amide bonds. The summed E-state index contributed by atoms with van der Waals surface area (Å²) in [6, 6.07) is 0. The van der Waals surface area contributed by atoms with Crippen LogP contribution in [0.25, 0.3) is 0 Å². The molecule has 0 aromatic carbocycles. The van der Waals surface area contributed by atoms with Gasteiger partial charge in [0.05, 0.1) is 10.7 Å². The monoisotopic (exact) mass is 257 g/mol. The number of aromatic nitrogens is 1. The fourth-order valence-corrected chi connectivity index (χ4v) is 3.81. The number of hydrogen-bond acceptors (Lipinski definition) is 5. The average molecular weight is 257 g/mol. The van der Waals surface area contributed by atoms with Crippen molar-refractivity contribution in [2.24, 2.45) is 5.73 Å². The summed E-state index contributed by atoms with van der Waals surface area (Å²) >= 11 is 3.81. The Morgan fingerprint density at radius 3 is 3.25 bits per heavy atom. The third kappa shape index (κ3) is 3.45. The Balaban J connectivity index is 1.87. The highest BCUT2D eigenvalue weighted by Crippen LogP contribution is 2.20. The molecule has 0 spiro atoms. The summed E-state index contributed by atoms with van der Waals surface area (Å²) in [4.78, 5) is 7.11. The van der Waals surface area contributed by atoms with Crippen LogP contribution in [-0.4, -0.2) is 40.5 Å². The summed E-state index contributed by atoms with van der Waals surface area (Å²) < 4.78 is 0. The number of rotatable bonds is 4. The first kappa shape index (κ1) is 12.4. The van der Waals surface area contributed by atoms with E-state index in [1.807, 2.05) is 0 Å². The van der Waals surface area contributed by atoms with E-state index in [9.17, 15) is 0 Å². The molecule has 2 N–H and O–H groups in total. The van der Waals surface area contributed by atoms with Crippen LogP contribution in [0, 0.1) is 0 Å². The maximum atomic E-state index is 5.53. The predicted octanol–water partition coefficient (Wildman–Crippen LogP) is 1.58. The average Bonchev–Trinajstić information content (AvgIpc) is 2.66. The molecule has 1 atom stereocenters. The minimum Gasteiger partial charge on any atom is -0.330 e. The highest BCUT2D eigenvalue weighted by molar-refractivity contribution is 7.99. The molecule has 2 heterocycles. The Hall–Kier alpha value is -0.100. The molecule has 0 saturated carbocycles. The minimum atomic E-state index is 0.699. The van der Waals surface area contributed by atoms with Crippen LogP contribution in [-0.2, 0) is 13.0 Å². The number of thiazole rings is 1. The normalized spacial score (nSPS) is 22.5. The van der Waals surface area contributed by atoms with Crippen LogP contribution in [0.2, 0.25) is 0 Å². The molecule has 1 aromatic heterocycles. The SMILES string of the molecule is CC1CN(Cc2csc(CCN)n2)CCS1. The molecule has 90 valence electrons. The van der Waals surface area contributed by atoms with Gasteiger partial charge in [-0.3, -0.25) is 4.90 Å². The Morgan fingerprint density at radius 2 is 2.50 bits per heavy atom. The molecule has 1 aliphatic rings. The van der Waals surface area contributed by atoms with E-state index < -0.39 is 0 Å². The van der Waals surface area contributed by atoms with Crippen LogP contribution in [0.3, 0.4) is 0 Å². The number of nitrogens with zero attached hydrogens (tertiary/aromatic N) is 2. The molecule has 5 heteroatoms. The first-order valence-corrected chi connectivity index (χ1v) is 7.68. The van der Waals surface area contributed by atoms with Gasteiger partial charge in [0.25, 0.3) is 0 Å². The van der Waals surface area contributed by atoms with Gasteiger partial charge in [0.15, 0.2) is 0 Å². The van der Waals surface area contributed by atoms with Gasteiger partial charge in [-0.15, -0.1) is 11.3 Å². The lowest BCUT2D eigenvalue weighted by molar-refractivity contribution is 0.275. The van der Waals surface area contributed by atoms with Crippen molar-refractivity contribution in [1.82, 2.24) is 9.88 Å². The number of thioether (sulfide) groups is 1. The minimum absolute atomic E-state index is 0.699. The molecule has 1 aliphatic heterocycles. The Morgan fingerprint density at radius 1 is 1.62 bits per heavy atom. The predicted molar refractivity (Wildman–Crippen MR) is 72.1 cm³/mol. The van der Waals surface area contributed by atoms with Gasteiger partial charge in [0.1, 0.15) is 0 Å². The van der Waals surface area contributed by atoms with E-state index in [2.05, 4.69) is 33.9 Å². The van der Waals surface area contributed by atoms with Crippen LogP contribution >= 0.6 is 23.1 Å². The van der Waals surface area contributed by atoms with Crippen molar-refractivity contribution >= 4 is 23.1 Å². The maximum absolute atomic E-state index is 5.53. The van der Waals surface area contributed by atoms with Gasteiger partial charge in [0.2, 0.25) is 0 Å². The summed E-state index contributed by atoms with van der Waals surface area (Å²) in [6.07, 6.45) is 0.914. The van der Waals surface area contributed by atoms with Crippen molar-refractivity contribution in [3.05, 3.63) is 16.1 Å². The molecule has 1 fully saturated rings. The third-order valence-corrected chi connectivity index (χ3v) is 4.76. The van der Waals surface area contributed by atoms with Gasteiger partial charge in [0, 0.05) is 42.4 Å². The first-order valence-electron chi connectivity index (χ1n) is 5.75. The van der Waals surface area contributed by atoms with E-state index in [0.717, 1.165) is 18.2 Å². The standard InChI is InChI=1S/C11H19N3S2/c1-9-6-14(4-5-15-9)7-10-8-16-11(13-10)2-3-12/h8-9H,2-7,12H2,1H3. The van der Waals surface area contributed by atoms with Crippen molar-refractivity contribution in [1.29, 1.82) is 0 Å². The second-order valence-electron chi connectivity index (χ2n) is 4.19.